The van der Waals surface area contributed by atoms with Crippen molar-refractivity contribution in [3.05, 3.63) is 46.8 Å². The lowest BCUT2D eigenvalue weighted by Crippen LogP contribution is -2.42. The minimum absolute atomic E-state index is 0.106. The van der Waals surface area contributed by atoms with Crippen molar-refractivity contribution in [2.45, 2.75) is 45.4 Å². The fraction of sp³-hybridized carbons (Fsp3) is 0.545. The number of nitrogens with zero attached hydrogens (tertiary/aromatic N) is 3. The molecule has 1 aromatic heterocycles. The standard InChI is InChI=1S/C22H29N3O2/c1-16-7-5-9-18(13-16)27-15-17-8-6-12-25(14-17)22(26)21-19-10-3-4-11-20(19)24(2)23-21/h5,7,9,13,17H,3-4,6,8,10-12,14-15H2,1-2H3/t17-/m1/s1. The number of benzene rings is 1. The zero-order valence-corrected chi connectivity index (χ0v) is 16.4. The largest absolute Gasteiger partial charge is 0.493 e. The summed E-state index contributed by atoms with van der Waals surface area (Å²) in [6.07, 6.45) is 6.52. The number of aromatic nitrogens is 2. The topological polar surface area (TPSA) is 47.4 Å². The van der Waals surface area contributed by atoms with Gasteiger partial charge in [-0.3, -0.25) is 9.48 Å². The van der Waals surface area contributed by atoms with Crippen LogP contribution < -0.4 is 4.74 Å². The Morgan fingerprint density at radius 1 is 1.26 bits per heavy atom. The highest BCUT2D eigenvalue weighted by molar-refractivity contribution is 5.94. The molecule has 1 aromatic carbocycles. The van der Waals surface area contributed by atoms with E-state index in [1.807, 2.05) is 28.8 Å². The molecule has 2 heterocycles. The summed E-state index contributed by atoms with van der Waals surface area (Å²) in [5.41, 5.74) is 4.33. The van der Waals surface area contributed by atoms with Crippen LogP contribution in [0.5, 0.6) is 5.75 Å². The molecule has 0 unspecified atom stereocenters. The summed E-state index contributed by atoms with van der Waals surface area (Å²) in [6.45, 7) is 4.32. The van der Waals surface area contributed by atoms with Crippen molar-refractivity contribution < 1.29 is 9.53 Å². The molecule has 1 aliphatic heterocycles. The monoisotopic (exact) mass is 367 g/mol. The van der Waals surface area contributed by atoms with Crippen LogP contribution in [0.1, 0.15) is 53.0 Å². The van der Waals surface area contributed by atoms with Crippen molar-refractivity contribution >= 4 is 5.91 Å². The van der Waals surface area contributed by atoms with Crippen molar-refractivity contribution in [1.82, 2.24) is 14.7 Å². The van der Waals surface area contributed by atoms with Gasteiger partial charge in [-0.25, -0.2) is 0 Å². The Labute approximate surface area is 161 Å². The maximum Gasteiger partial charge on any atom is 0.274 e. The number of carbonyl (C=O) groups excluding carboxylic acids is 1. The number of likely N-dealkylation sites (tertiary alicyclic amines) is 1. The average molecular weight is 367 g/mol. The molecule has 5 nitrogen and oxygen atoms in total. The molecular formula is C22H29N3O2. The van der Waals surface area contributed by atoms with Gasteiger partial charge in [0, 0.05) is 37.3 Å². The average Bonchev–Trinajstić information content (AvgIpc) is 3.03. The summed E-state index contributed by atoms with van der Waals surface area (Å²) in [7, 11) is 1.97. The molecule has 1 aliphatic carbocycles. The molecule has 1 amide bonds. The number of fused-ring (bicyclic) bond motifs is 1. The molecule has 0 N–H and O–H groups in total. The zero-order chi connectivity index (χ0) is 18.8. The van der Waals surface area contributed by atoms with E-state index in [9.17, 15) is 4.79 Å². The fourth-order valence-electron chi connectivity index (χ4n) is 4.40. The van der Waals surface area contributed by atoms with Gasteiger partial charge in [-0.05, 0) is 63.1 Å². The van der Waals surface area contributed by atoms with E-state index < -0.39 is 0 Å². The molecule has 0 saturated carbocycles. The van der Waals surface area contributed by atoms with E-state index in [0.717, 1.165) is 50.9 Å². The quantitative estimate of drug-likeness (QED) is 0.830. The fourth-order valence-corrected chi connectivity index (χ4v) is 4.40. The lowest BCUT2D eigenvalue weighted by Gasteiger charge is -2.32. The second-order valence-electron chi connectivity index (χ2n) is 7.99. The van der Waals surface area contributed by atoms with Crippen LogP contribution in [0.2, 0.25) is 0 Å². The van der Waals surface area contributed by atoms with Gasteiger partial charge in [0.1, 0.15) is 5.75 Å². The van der Waals surface area contributed by atoms with Gasteiger partial charge in [0.15, 0.2) is 5.69 Å². The van der Waals surface area contributed by atoms with E-state index in [1.165, 1.54) is 23.2 Å². The minimum atomic E-state index is 0.106. The molecule has 1 saturated heterocycles. The first-order valence-corrected chi connectivity index (χ1v) is 10.2. The predicted octanol–water partition coefficient (Wildman–Crippen LogP) is 3.54. The van der Waals surface area contributed by atoms with Gasteiger partial charge < -0.3 is 9.64 Å². The van der Waals surface area contributed by atoms with Crippen LogP contribution in [-0.4, -0.2) is 40.3 Å². The van der Waals surface area contributed by atoms with Gasteiger partial charge >= 0.3 is 0 Å². The first-order valence-electron chi connectivity index (χ1n) is 10.2. The number of rotatable bonds is 4. The Bertz CT molecular complexity index is 827. The Hall–Kier alpha value is -2.30. The SMILES string of the molecule is Cc1cccc(OC[C@@H]2CCCN(C(=O)c3nn(C)c4c3CCCC4)C2)c1. The van der Waals surface area contributed by atoms with Crippen LogP contribution in [0, 0.1) is 12.8 Å². The molecule has 0 bridgehead atoms. The number of aryl methyl sites for hydroxylation is 2. The minimum Gasteiger partial charge on any atom is -0.493 e. The van der Waals surface area contributed by atoms with Crippen molar-refractivity contribution in [3.63, 3.8) is 0 Å². The van der Waals surface area contributed by atoms with E-state index in [0.29, 0.717) is 18.2 Å². The second-order valence-corrected chi connectivity index (χ2v) is 7.99. The van der Waals surface area contributed by atoms with Gasteiger partial charge in [0.25, 0.3) is 5.91 Å². The zero-order valence-electron chi connectivity index (χ0n) is 16.4. The molecule has 27 heavy (non-hydrogen) atoms. The van der Waals surface area contributed by atoms with Crippen LogP contribution in [0.25, 0.3) is 0 Å². The summed E-state index contributed by atoms with van der Waals surface area (Å²) >= 11 is 0. The summed E-state index contributed by atoms with van der Waals surface area (Å²) in [5.74, 6) is 1.40. The first kappa shape index (κ1) is 18.1. The van der Waals surface area contributed by atoms with Crippen LogP contribution in [0.3, 0.4) is 0 Å². The van der Waals surface area contributed by atoms with E-state index in [1.54, 1.807) is 0 Å². The van der Waals surface area contributed by atoms with Gasteiger partial charge in [-0.15, -0.1) is 0 Å². The van der Waals surface area contributed by atoms with Crippen LogP contribution in [0.4, 0.5) is 0 Å². The lowest BCUT2D eigenvalue weighted by molar-refractivity contribution is 0.0625. The highest BCUT2D eigenvalue weighted by Crippen LogP contribution is 2.26. The number of amides is 1. The number of hydrogen-bond acceptors (Lipinski definition) is 3. The highest BCUT2D eigenvalue weighted by Gasteiger charge is 2.30. The number of piperidine rings is 1. The summed E-state index contributed by atoms with van der Waals surface area (Å²) in [4.78, 5) is 15.1. The van der Waals surface area contributed by atoms with E-state index in [2.05, 4.69) is 24.2 Å². The molecule has 2 aromatic rings. The molecule has 5 heteroatoms. The molecule has 2 aliphatic rings. The molecule has 1 atom stereocenters. The molecule has 144 valence electrons. The van der Waals surface area contributed by atoms with Gasteiger partial charge in [-0.2, -0.15) is 5.10 Å². The van der Waals surface area contributed by atoms with E-state index >= 15 is 0 Å². The van der Waals surface area contributed by atoms with Crippen molar-refractivity contribution in [3.8, 4) is 5.75 Å². The molecule has 0 radical (unpaired) electrons. The Morgan fingerprint density at radius 3 is 2.96 bits per heavy atom. The maximum atomic E-state index is 13.2. The van der Waals surface area contributed by atoms with Crippen LogP contribution in [0.15, 0.2) is 24.3 Å². The first-order chi connectivity index (χ1) is 13.1. The van der Waals surface area contributed by atoms with Gasteiger partial charge in [0.2, 0.25) is 0 Å². The second kappa shape index (κ2) is 7.75. The smallest absolute Gasteiger partial charge is 0.274 e. The third-order valence-electron chi connectivity index (χ3n) is 5.85. The highest BCUT2D eigenvalue weighted by atomic mass is 16.5. The molecule has 1 fully saturated rings. The van der Waals surface area contributed by atoms with E-state index in [4.69, 9.17) is 4.74 Å². The number of ether oxygens (including phenoxy) is 1. The molecular weight excluding hydrogens is 338 g/mol. The van der Waals surface area contributed by atoms with Crippen molar-refractivity contribution in [2.75, 3.05) is 19.7 Å². The van der Waals surface area contributed by atoms with Crippen LogP contribution >= 0.6 is 0 Å². The normalized spacial score (nSPS) is 19.6. The Morgan fingerprint density at radius 2 is 2.11 bits per heavy atom. The third-order valence-corrected chi connectivity index (χ3v) is 5.85. The summed E-state index contributed by atoms with van der Waals surface area (Å²) < 4.78 is 7.92. The molecule has 4 rings (SSSR count). The van der Waals surface area contributed by atoms with Gasteiger partial charge in [-0.1, -0.05) is 12.1 Å². The lowest BCUT2D eigenvalue weighted by atomic mass is 9.94. The van der Waals surface area contributed by atoms with Crippen molar-refractivity contribution in [2.24, 2.45) is 13.0 Å². The predicted molar refractivity (Wildman–Crippen MR) is 105 cm³/mol. The van der Waals surface area contributed by atoms with E-state index in [-0.39, 0.29) is 5.91 Å². The van der Waals surface area contributed by atoms with Crippen molar-refractivity contribution in [1.29, 1.82) is 0 Å². The number of hydrogen-bond donors (Lipinski definition) is 0. The summed E-state index contributed by atoms with van der Waals surface area (Å²) in [5, 5.41) is 4.59. The maximum absolute atomic E-state index is 13.2. The Kier molecular flexibility index (Phi) is 5.19. The molecule has 0 spiro atoms. The van der Waals surface area contributed by atoms with Gasteiger partial charge in [0.05, 0.1) is 6.61 Å². The Balaban J connectivity index is 1.41. The third kappa shape index (κ3) is 3.87. The van der Waals surface area contributed by atoms with Crippen LogP contribution in [-0.2, 0) is 19.9 Å². The number of carbonyl (C=O) groups is 1. The summed E-state index contributed by atoms with van der Waals surface area (Å²) in [6, 6.07) is 8.15.